The van der Waals surface area contributed by atoms with Crippen LogP contribution < -0.4 is 5.32 Å². The summed E-state index contributed by atoms with van der Waals surface area (Å²) in [6.07, 6.45) is 4.86. The minimum Gasteiger partial charge on any atom is -0.481 e. The number of carbonyl (C=O) groups excluding carboxylic acids is 1. The fourth-order valence-electron chi connectivity index (χ4n) is 3.53. The van der Waals surface area contributed by atoms with Crippen LogP contribution in [0.25, 0.3) is 0 Å². The second-order valence-corrected chi connectivity index (χ2v) is 6.45. The van der Waals surface area contributed by atoms with Crippen molar-refractivity contribution in [2.75, 3.05) is 19.6 Å². The van der Waals surface area contributed by atoms with Gasteiger partial charge in [0.2, 0.25) is 5.91 Å². The molecule has 120 valence electrons. The number of nitrogens with one attached hydrogen (secondary N) is 1. The summed E-state index contributed by atoms with van der Waals surface area (Å²) >= 11 is 0. The Bertz CT molecular complexity index is 382. The third kappa shape index (κ3) is 4.19. The summed E-state index contributed by atoms with van der Waals surface area (Å²) in [6, 6.07) is 0.703. The van der Waals surface area contributed by atoms with Crippen LogP contribution in [0.5, 0.6) is 0 Å². The smallest absolute Gasteiger partial charge is 0.307 e. The maximum absolute atomic E-state index is 12.3. The van der Waals surface area contributed by atoms with Crippen molar-refractivity contribution in [1.29, 1.82) is 0 Å². The van der Waals surface area contributed by atoms with E-state index in [1.54, 1.807) is 0 Å². The molecular formula is C16H28N2O3. The van der Waals surface area contributed by atoms with Crippen LogP contribution in [0.15, 0.2) is 0 Å². The van der Waals surface area contributed by atoms with Crippen LogP contribution >= 0.6 is 0 Å². The van der Waals surface area contributed by atoms with E-state index in [1.165, 1.54) is 12.8 Å². The lowest BCUT2D eigenvalue weighted by Gasteiger charge is -2.21. The van der Waals surface area contributed by atoms with E-state index in [1.807, 2.05) is 0 Å². The van der Waals surface area contributed by atoms with Gasteiger partial charge in [0.25, 0.3) is 0 Å². The van der Waals surface area contributed by atoms with Gasteiger partial charge in [-0.15, -0.1) is 0 Å². The molecule has 0 aromatic rings. The summed E-state index contributed by atoms with van der Waals surface area (Å²) in [7, 11) is 0. The molecular weight excluding hydrogens is 268 g/mol. The third-order valence-electron chi connectivity index (χ3n) is 5.06. The van der Waals surface area contributed by atoms with Gasteiger partial charge in [0.15, 0.2) is 0 Å². The minimum atomic E-state index is -0.820. The van der Waals surface area contributed by atoms with Gasteiger partial charge in [-0.05, 0) is 38.1 Å². The molecule has 2 fully saturated rings. The topological polar surface area (TPSA) is 69.6 Å². The molecule has 0 heterocycles. The van der Waals surface area contributed by atoms with Gasteiger partial charge in [-0.25, -0.2) is 0 Å². The van der Waals surface area contributed by atoms with E-state index in [0.29, 0.717) is 24.9 Å². The van der Waals surface area contributed by atoms with Gasteiger partial charge in [0.05, 0.1) is 11.8 Å². The quantitative estimate of drug-likeness (QED) is 0.715. The van der Waals surface area contributed by atoms with Crippen molar-refractivity contribution in [2.45, 2.75) is 52.0 Å². The maximum atomic E-state index is 12.3. The maximum Gasteiger partial charge on any atom is 0.307 e. The number of likely N-dealkylation sites (N-methyl/N-ethyl adjacent to an activating group) is 1. The Balaban J connectivity index is 1.79. The first-order chi connectivity index (χ1) is 10.1. The fraction of sp³-hybridized carbons (Fsp3) is 0.875. The van der Waals surface area contributed by atoms with Crippen LogP contribution in [-0.2, 0) is 9.59 Å². The SMILES string of the molecule is CCC1C[C@H](C(=O)NCCN(CC)C2CC2)[C@H](C(=O)O)C1. The average molecular weight is 296 g/mol. The number of amides is 1. The molecule has 3 atom stereocenters. The molecule has 2 N–H and O–H groups in total. The van der Waals surface area contributed by atoms with Crippen LogP contribution in [0.3, 0.4) is 0 Å². The molecule has 2 aliphatic carbocycles. The van der Waals surface area contributed by atoms with Gasteiger partial charge < -0.3 is 10.4 Å². The third-order valence-corrected chi connectivity index (χ3v) is 5.06. The molecule has 0 aromatic carbocycles. The van der Waals surface area contributed by atoms with E-state index in [-0.39, 0.29) is 11.8 Å². The zero-order chi connectivity index (χ0) is 15.4. The molecule has 0 spiro atoms. The van der Waals surface area contributed by atoms with Gasteiger partial charge in [0, 0.05) is 19.1 Å². The monoisotopic (exact) mass is 296 g/mol. The molecule has 0 saturated heterocycles. The fourth-order valence-corrected chi connectivity index (χ4v) is 3.53. The van der Waals surface area contributed by atoms with E-state index >= 15 is 0 Å². The highest BCUT2D eigenvalue weighted by Crippen LogP contribution is 2.38. The first-order valence-corrected chi connectivity index (χ1v) is 8.31. The van der Waals surface area contributed by atoms with Gasteiger partial charge in [-0.1, -0.05) is 20.3 Å². The Morgan fingerprint density at radius 3 is 2.38 bits per heavy atom. The molecule has 0 bridgehead atoms. The van der Waals surface area contributed by atoms with E-state index < -0.39 is 11.9 Å². The second kappa shape index (κ2) is 7.25. The number of carboxylic acid groups (broad SMARTS) is 1. The number of rotatable bonds is 8. The second-order valence-electron chi connectivity index (χ2n) is 6.45. The average Bonchev–Trinajstić information content (AvgIpc) is 3.20. The summed E-state index contributed by atoms with van der Waals surface area (Å²) in [5.41, 5.74) is 0. The Labute approximate surface area is 127 Å². The van der Waals surface area contributed by atoms with Gasteiger partial charge in [-0.3, -0.25) is 14.5 Å². The van der Waals surface area contributed by atoms with Gasteiger partial charge in [0.1, 0.15) is 0 Å². The number of carbonyl (C=O) groups is 2. The van der Waals surface area contributed by atoms with Crippen molar-refractivity contribution in [2.24, 2.45) is 17.8 Å². The van der Waals surface area contributed by atoms with Crippen molar-refractivity contribution in [1.82, 2.24) is 10.2 Å². The normalized spacial score (nSPS) is 28.8. The molecule has 0 radical (unpaired) electrons. The Kier molecular flexibility index (Phi) is 5.62. The molecule has 2 aliphatic rings. The van der Waals surface area contributed by atoms with Crippen molar-refractivity contribution in [3.05, 3.63) is 0 Å². The summed E-state index contributed by atoms with van der Waals surface area (Å²) in [5.74, 6) is -1.35. The Morgan fingerprint density at radius 2 is 1.86 bits per heavy atom. The number of carboxylic acids is 1. The van der Waals surface area contributed by atoms with E-state index in [2.05, 4.69) is 24.1 Å². The summed E-state index contributed by atoms with van der Waals surface area (Å²) in [5, 5.41) is 12.2. The first kappa shape index (κ1) is 16.3. The lowest BCUT2D eigenvalue weighted by Crippen LogP contribution is -2.40. The summed E-state index contributed by atoms with van der Waals surface area (Å²) < 4.78 is 0. The van der Waals surface area contributed by atoms with Crippen molar-refractivity contribution >= 4 is 11.9 Å². The Hall–Kier alpha value is -1.10. The molecule has 2 rings (SSSR count). The summed E-state index contributed by atoms with van der Waals surface area (Å²) in [6.45, 7) is 6.72. The van der Waals surface area contributed by atoms with Gasteiger partial charge >= 0.3 is 5.97 Å². The predicted molar refractivity (Wildman–Crippen MR) is 80.9 cm³/mol. The predicted octanol–water partition coefficient (Wildman–Crippen LogP) is 1.72. The van der Waals surface area contributed by atoms with Crippen molar-refractivity contribution in [3.8, 4) is 0 Å². The highest BCUT2D eigenvalue weighted by atomic mass is 16.4. The molecule has 21 heavy (non-hydrogen) atoms. The Morgan fingerprint density at radius 1 is 1.19 bits per heavy atom. The standard InChI is InChI=1S/C16H28N2O3/c1-3-11-9-13(14(10-11)16(20)21)15(19)17-7-8-18(4-2)12-5-6-12/h11-14H,3-10H2,1-2H3,(H,17,19)(H,20,21)/t11?,13-,14+/m0/s1. The van der Waals surface area contributed by atoms with Crippen LogP contribution in [-0.4, -0.2) is 47.6 Å². The van der Waals surface area contributed by atoms with Crippen LogP contribution in [0.2, 0.25) is 0 Å². The molecule has 0 aromatic heterocycles. The number of hydrogen-bond acceptors (Lipinski definition) is 3. The lowest BCUT2D eigenvalue weighted by molar-refractivity contribution is -0.146. The highest BCUT2D eigenvalue weighted by Gasteiger charge is 2.42. The largest absolute Gasteiger partial charge is 0.481 e. The van der Waals surface area contributed by atoms with Gasteiger partial charge in [-0.2, -0.15) is 0 Å². The van der Waals surface area contributed by atoms with E-state index in [9.17, 15) is 14.7 Å². The number of hydrogen-bond donors (Lipinski definition) is 2. The first-order valence-electron chi connectivity index (χ1n) is 8.31. The van der Waals surface area contributed by atoms with Crippen molar-refractivity contribution in [3.63, 3.8) is 0 Å². The van der Waals surface area contributed by atoms with Crippen LogP contribution in [0, 0.1) is 17.8 Å². The zero-order valence-corrected chi connectivity index (χ0v) is 13.2. The molecule has 0 aliphatic heterocycles. The van der Waals surface area contributed by atoms with E-state index in [0.717, 1.165) is 25.9 Å². The van der Waals surface area contributed by atoms with E-state index in [4.69, 9.17) is 0 Å². The number of nitrogens with zero attached hydrogens (tertiary/aromatic N) is 1. The number of aliphatic carboxylic acids is 1. The minimum absolute atomic E-state index is 0.0646. The lowest BCUT2D eigenvalue weighted by atomic mass is 9.95. The highest BCUT2D eigenvalue weighted by molar-refractivity contribution is 5.85. The molecule has 1 unspecified atom stereocenters. The van der Waals surface area contributed by atoms with Crippen LogP contribution in [0.4, 0.5) is 0 Å². The molecule has 2 saturated carbocycles. The molecule has 5 nitrogen and oxygen atoms in total. The van der Waals surface area contributed by atoms with Crippen molar-refractivity contribution < 1.29 is 14.7 Å². The summed E-state index contributed by atoms with van der Waals surface area (Å²) in [4.78, 5) is 26.0. The van der Waals surface area contributed by atoms with Crippen LogP contribution in [0.1, 0.15) is 46.0 Å². The molecule has 1 amide bonds. The zero-order valence-electron chi connectivity index (χ0n) is 13.2. The molecule has 5 heteroatoms.